The first-order chi connectivity index (χ1) is 13.2. The number of fused-ring (bicyclic) bond motifs is 1. The Balaban J connectivity index is 1.53. The Morgan fingerprint density at radius 2 is 1.89 bits per heavy atom. The molecule has 2 fully saturated rings. The van der Waals surface area contributed by atoms with Crippen molar-refractivity contribution in [1.82, 2.24) is 15.2 Å². The Bertz CT molecular complexity index is 864. The zero-order chi connectivity index (χ0) is 18.7. The first-order valence-corrected chi connectivity index (χ1v) is 9.91. The first kappa shape index (κ1) is 18.2. The van der Waals surface area contributed by atoms with Crippen molar-refractivity contribution < 1.29 is 9.53 Å². The predicted octanol–water partition coefficient (Wildman–Crippen LogP) is 2.29. The van der Waals surface area contributed by atoms with Gasteiger partial charge in [0, 0.05) is 42.3 Å². The average molecular weight is 369 g/mol. The third kappa shape index (κ3) is 3.64. The van der Waals surface area contributed by atoms with E-state index in [0.29, 0.717) is 11.9 Å². The number of carbonyl (C=O) groups is 1. The van der Waals surface area contributed by atoms with Crippen LogP contribution in [0.15, 0.2) is 35.3 Å². The van der Waals surface area contributed by atoms with Crippen LogP contribution in [0, 0.1) is 0 Å². The van der Waals surface area contributed by atoms with E-state index in [0.717, 1.165) is 44.7 Å². The number of pyridine rings is 1. The molecule has 1 aromatic heterocycles. The Kier molecular flexibility index (Phi) is 5.27. The van der Waals surface area contributed by atoms with Gasteiger partial charge in [-0.3, -0.25) is 14.5 Å². The van der Waals surface area contributed by atoms with Crippen LogP contribution >= 0.6 is 0 Å². The third-order valence-electron chi connectivity index (χ3n) is 6.08. The molecule has 0 radical (unpaired) electrons. The second-order valence-electron chi connectivity index (χ2n) is 7.64. The number of morpholine rings is 1. The number of nitrogens with zero attached hydrogens (tertiary/aromatic N) is 1. The highest BCUT2D eigenvalue weighted by molar-refractivity contribution is 5.97. The number of carbonyl (C=O) groups excluding carboxylic acids is 1. The second kappa shape index (κ2) is 7.82. The number of aromatic nitrogens is 1. The van der Waals surface area contributed by atoms with E-state index >= 15 is 0 Å². The molecule has 1 saturated carbocycles. The van der Waals surface area contributed by atoms with Crippen molar-refractivity contribution in [3.05, 3.63) is 46.2 Å². The molecule has 1 aliphatic carbocycles. The molecule has 2 aliphatic rings. The van der Waals surface area contributed by atoms with Crippen LogP contribution in [0.25, 0.3) is 10.9 Å². The number of benzene rings is 1. The van der Waals surface area contributed by atoms with Gasteiger partial charge in [-0.25, -0.2) is 0 Å². The number of hydrogen-bond acceptors (Lipinski definition) is 4. The number of amides is 1. The number of nitrogens with one attached hydrogen (secondary N) is 2. The summed E-state index contributed by atoms with van der Waals surface area (Å²) < 4.78 is 5.51. The highest BCUT2D eigenvalue weighted by Gasteiger charge is 2.39. The van der Waals surface area contributed by atoms with Gasteiger partial charge in [0.2, 0.25) is 5.43 Å². The molecule has 1 saturated heterocycles. The second-order valence-corrected chi connectivity index (χ2v) is 7.64. The van der Waals surface area contributed by atoms with E-state index < -0.39 is 0 Å². The molecule has 144 valence electrons. The molecular weight excluding hydrogens is 342 g/mol. The first-order valence-electron chi connectivity index (χ1n) is 9.91. The monoisotopic (exact) mass is 369 g/mol. The number of H-pyrrole nitrogens is 1. The fraction of sp³-hybridized carbons (Fsp3) is 0.524. The smallest absolute Gasteiger partial charge is 0.256 e. The minimum atomic E-state index is -0.291. The topological polar surface area (TPSA) is 74.4 Å². The summed E-state index contributed by atoms with van der Waals surface area (Å²) >= 11 is 0. The molecule has 27 heavy (non-hydrogen) atoms. The van der Waals surface area contributed by atoms with E-state index in [4.69, 9.17) is 4.74 Å². The van der Waals surface area contributed by atoms with Crippen LogP contribution < -0.4 is 10.7 Å². The fourth-order valence-electron chi connectivity index (χ4n) is 4.53. The zero-order valence-corrected chi connectivity index (χ0v) is 15.6. The quantitative estimate of drug-likeness (QED) is 0.867. The maximum absolute atomic E-state index is 12.8. The van der Waals surface area contributed by atoms with Gasteiger partial charge in [-0.15, -0.1) is 0 Å². The molecule has 0 spiro atoms. The van der Waals surface area contributed by atoms with Crippen molar-refractivity contribution in [1.29, 1.82) is 0 Å². The van der Waals surface area contributed by atoms with Crippen molar-refractivity contribution in [3.8, 4) is 0 Å². The van der Waals surface area contributed by atoms with Crippen molar-refractivity contribution in [3.63, 3.8) is 0 Å². The summed E-state index contributed by atoms with van der Waals surface area (Å²) in [5, 5.41) is 3.62. The molecule has 2 aromatic rings. The van der Waals surface area contributed by atoms with Crippen LogP contribution in [0.3, 0.4) is 0 Å². The maximum atomic E-state index is 12.8. The van der Waals surface area contributed by atoms with Gasteiger partial charge in [0.15, 0.2) is 0 Å². The Labute approximate surface area is 158 Å². The van der Waals surface area contributed by atoms with Crippen molar-refractivity contribution >= 4 is 16.8 Å². The van der Waals surface area contributed by atoms with Gasteiger partial charge in [-0.1, -0.05) is 31.4 Å². The van der Waals surface area contributed by atoms with E-state index in [1.807, 2.05) is 18.2 Å². The Morgan fingerprint density at radius 3 is 2.67 bits per heavy atom. The minimum Gasteiger partial charge on any atom is -0.379 e. The summed E-state index contributed by atoms with van der Waals surface area (Å²) in [4.78, 5) is 31.0. The molecule has 6 nitrogen and oxygen atoms in total. The van der Waals surface area contributed by atoms with Crippen LogP contribution in [0.1, 0.15) is 42.5 Å². The van der Waals surface area contributed by atoms with Gasteiger partial charge >= 0.3 is 0 Å². The van der Waals surface area contributed by atoms with Gasteiger partial charge in [-0.05, 0) is 25.0 Å². The van der Waals surface area contributed by atoms with E-state index in [1.54, 1.807) is 6.07 Å². The number of para-hydroxylation sites is 1. The van der Waals surface area contributed by atoms with Crippen molar-refractivity contribution in [2.24, 2.45) is 0 Å². The van der Waals surface area contributed by atoms with Crippen LogP contribution in [-0.4, -0.2) is 54.2 Å². The average Bonchev–Trinajstić information content (AvgIpc) is 2.74. The summed E-state index contributed by atoms with van der Waals surface area (Å²) in [7, 11) is 0. The van der Waals surface area contributed by atoms with Crippen LogP contribution in [0.4, 0.5) is 0 Å². The van der Waals surface area contributed by atoms with Gasteiger partial charge in [0.1, 0.15) is 5.56 Å². The lowest BCUT2D eigenvalue weighted by atomic mass is 9.79. The van der Waals surface area contributed by atoms with E-state index in [1.165, 1.54) is 25.5 Å². The predicted molar refractivity (Wildman–Crippen MR) is 105 cm³/mol. The summed E-state index contributed by atoms with van der Waals surface area (Å²) in [6.07, 6.45) is 7.32. The fourth-order valence-corrected chi connectivity index (χ4v) is 4.53. The van der Waals surface area contributed by atoms with E-state index in [-0.39, 0.29) is 22.4 Å². The van der Waals surface area contributed by atoms with Gasteiger partial charge < -0.3 is 15.0 Å². The molecule has 0 unspecified atom stereocenters. The lowest BCUT2D eigenvalue weighted by molar-refractivity contribution is -0.0361. The SMILES string of the molecule is O=C(NCC1(N2CCOCC2)CCCCC1)c1c[nH]c2ccccc2c1=O. The third-order valence-corrected chi connectivity index (χ3v) is 6.08. The summed E-state index contributed by atoms with van der Waals surface area (Å²) in [6, 6.07) is 7.27. The molecule has 6 heteroatoms. The minimum absolute atomic E-state index is 0.0126. The van der Waals surface area contributed by atoms with E-state index in [9.17, 15) is 9.59 Å². The lowest BCUT2D eigenvalue weighted by Crippen LogP contribution is -2.59. The molecule has 4 rings (SSSR count). The molecule has 2 N–H and O–H groups in total. The van der Waals surface area contributed by atoms with Crippen LogP contribution in [0.2, 0.25) is 0 Å². The number of rotatable bonds is 4. The highest BCUT2D eigenvalue weighted by Crippen LogP contribution is 2.33. The molecular formula is C21H27N3O3. The molecule has 1 aromatic carbocycles. The largest absolute Gasteiger partial charge is 0.379 e. The Hall–Kier alpha value is -2.18. The molecule has 2 heterocycles. The summed E-state index contributed by atoms with van der Waals surface area (Å²) in [5.41, 5.74) is 0.699. The summed E-state index contributed by atoms with van der Waals surface area (Å²) in [5.74, 6) is -0.291. The van der Waals surface area contributed by atoms with Crippen LogP contribution in [0.5, 0.6) is 0 Å². The van der Waals surface area contributed by atoms with Crippen LogP contribution in [-0.2, 0) is 4.74 Å². The standard InChI is InChI=1S/C21H27N3O3/c25-19-16-6-2-3-7-18(16)22-14-17(19)20(26)23-15-21(8-4-1-5-9-21)24-10-12-27-13-11-24/h2-3,6-7,14H,1,4-5,8-13,15H2,(H,22,25)(H,23,26). The molecule has 0 bridgehead atoms. The van der Waals surface area contributed by atoms with Crippen molar-refractivity contribution in [2.45, 2.75) is 37.6 Å². The summed E-state index contributed by atoms with van der Waals surface area (Å²) in [6.45, 7) is 3.90. The van der Waals surface area contributed by atoms with E-state index in [2.05, 4.69) is 15.2 Å². The number of aromatic amines is 1. The lowest BCUT2D eigenvalue weighted by Gasteiger charge is -2.48. The van der Waals surface area contributed by atoms with Crippen molar-refractivity contribution in [2.75, 3.05) is 32.8 Å². The van der Waals surface area contributed by atoms with Gasteiger partial charge in [0.25, 0.3) is 5.91 Å². The maximum Gasteiger partial charge on any atom is 0.256 e. The highest BCUT2D eigenvalue weighted by atomic mass is 16.5. The van der Waals surface area contributed by atoms with Gasteiger partial charge in [-0.2, -0.15) is 0 Å². The number of ether oxygens (including phenoxy) is 1. The Morgan fingerprint density at radius 1 is 1.15 bits per heavy atom. The normalized spacial score (nSPS) is 20.4. The van der Waals surface area contributed by atoms with Gasteiger partial charge in [0.05, 0.1) is 13.2 Å². The molecule has 1 amide bonds. The number of hydrogen-bond donors (Lipinski definition) is 2. The zero-order valence-electron chi connectivity index (χ0n) is 15.6. The molecule has 1 aliphatic heterocycles. The molecule has 0 atom stereocenters.